The Morgan fingerprint density at radius 2 is 1.87 bits per heavy atom. The minimum absolute atomic E-state index is 0.537. The Hall–Kier alpha value is -1.02. The van der Waals surface area contributed by atoms with Crippen LogP contribution in [0.15, 0.2) is 30.3 Å². The van der Waals surface area contributed by atoms with E-state index < -0.39 is 0 Å². The monoisotopic (exact) mass is 206 g/mol. The molecule has 0 saturated carbocycles. The molecule has 0 heterocycles. The van der Waals surface area contributed by atoms with Crippen LogP contribution in [0.4, 0.5) is 5.69 Å². The van der Waals surface area contributed by atoms with Crippen LogP contribution in [0.5, 0.6) is 0 Å². The molecule has 84 valence electrons. The fourth-order valence-corrected chi connectivity index (χ4v) is 1.80. The summed E-state index contributed by atoms with van der Waals surface area (Å²) in [7, 11) is 0. The minimum Gasteiger partial charge on any atom is -0.370 e. The lowest BCUT2D eigenvalue weighted by Gasteiger charge is -2.26. The van der Waals surface area contributed by atoms with Crippen LogP contribution in [-0.2, 0) is 0 Å². The van der Waals surface area contributed by atoms with Crippen molar-refractivity contribution < 1.29 is 0 Å². The zero-order chi connectivity index (χ0) is 11.1. The van der Waals surface area contributed by atoms with Crippen LogP contribution in [-0.4, -0.2) is 25.7 Å². The van der Waals surface area contributed by atoms with Crippen molar-refractivity contribution in [2.45, 2.75) is 26.8 Å². The normalized spacial score (nSPS) is 12.5. The molecule has 15 heavy (non-hydrogen) atoms. The molecule has 0 amide bonds. The number of nitrogens with one attached hydrogen (secondary N) is 1. The van der Waals surface area contributed by atoms with Gasteiger partial charge in [-0.15, -0.1) is 0 Å². The topological polar surface area (TPSA) is 15.3 Å². The standard InChI is InChI=1S/C13H22N2/c1-4-14-12(3)11-15(5-2)13-9-7-6-8-10-13/h6-10,12,14H,4-5,11H2,1-3H3. The molecule has 0 fully saturated rings. The fourth-order valence-electron chi connectivity index (χ4n) is 1.80. The predicted molar refractivity (Wildman–Crippen MR) is 67.5 cm³/mol. The molecule has 1 N–H and O–H groups in total. The van der Waals surface area contributed by atoms with Crippen molar-refractivity contribution in [3.05, 3.63) is 30.3 Å². The first kappa shape index (κ1) is 12.1. The average Bonchev–Trinajstić information content (AvgIpc) is 2.27. The van der Waals surface area contributed by atoms with Crippen LogP contribution in [0.1, 0.15) is 20.8 Å². The van der Waals surface area contributed by atoms with Gasteiger partial charge in [-0.25, -0.2) is 0 Å². The van der Waals surface area contributed by atoms with Gasteiger partial charge < -0.3 is 10.2 Å². The molecule has 0 radical (unpaired) electrons. The Balaban J connectivity index is 2.56. The lowest BCUT2D eigenvalue weighted by atomic mass is 10.2. The van der Waals surface area contributed by atoms with Gasteiger partial charge in [0.1, 0.15) is 0 Å². The Labute approximate surface area is 93.3 Å². The van der Waals surface area contributed by atoms with Gasteiger partial charge in [-0.3, -0.25) is 0 Å². The molecule has 0 aliphatic rings. The van der Waals surface area contributed by atoms with Crippen molar-refractivity contribution in [2.75, 3.05) is 24.5 Å². The average molecular weight is 206 g/mol. The minimum atomic E-state index is 0.537. The molecule has 1 rings (SSSR count). The summed E-state index contributed by atoms with van der Waals surface area (Å²) in [6.07, 6.45) is 0. The van der Waals surface area contributed by atoms with Gasteiger partial charge in [0.15, 0.2) is 0 Å². The molecule has 2 heteroatoms. The second kappa shape index (κ2) is 6.46. The molecule has 0 bridgehead atoms. The summed E-state index contributed by atoms with van der Waals surface area (Å²) in [4.78, 5) is 2.40. The highest BCUT2D eigenvalue weighted by Gasteiger charge is 2.07. The number of nitrogens with zero attached hydrogens (tertiary/aromatic N) is 1. The van der Waals surface area contributed by atoms with E-state index in [2.05, 4.69) is 61.3 Å². The number of para-hydroxylation sites is 1. The van der Waals surface area contributed by atoms with Crippen LogP contribution < -0.4 is 10.2 Å². The van der Waals surface area contributed by atoms with E-state index >= 15 is 0 Å². The lowest BCUT2D eigenvalue weighted by Crippen LogP contribution is -2.39. The quantitative estimate of drug-likeness (QED) is 0.769. The molecule has 0 aromatic heterocycles. The SMILES string of the molecule is CCNC(C)CN(CC)c1ccccc1. The summed E-state index contributed by atoms with van der Waals surface area (Å²) in [5.41, 5.74) is 1.31. The molecule has 2 nitrogen and oxygen atoms in total. The van der Waals surface area contributed by atoms with Crippen LogP contribution in [0.25, 0.3) is 0 Å². The van der Waals surface area contributed by atoms with Crippen molar-refractivity contribution in [1.29, 1.82) is 0 Å². The number of benzene rings is 1. The van der Waals surface area contributed by atoms with Gasteiger partial charge in [0, 0.05) is 24.8 Å². The Morgan fingerprint density at radius 3 is 2.40 bits per heavy atom. The highest BCUT2D eigenvalue weighted by atomic mass is 15.1. The number of anilines is 1. The lowest BCUT2D eigenvalue weighted by molar-refractivity contribution is 0.555. The van der Waals surface area contributed by atoms with Gasteiger partial charge in [0.2, 0.25) is 0 Å². The summed E-state index contributed by atoms with van der Waals surface area (Å²) in [6.45, 7) is 9.73. The molecule has 0 aliphatic carbocycles. The van der Waals surface area contributed by atoms with Gasteiger partial charge in [-0.2, -0.15) is 0 Å². The fraction of sp³-hybridized carbons (Fsp3) is 0.538. The molecule has 1 aromatic rings. The van der Waals surface area contributed by atoms with E-state index in [0.717, 1.165) is 19.6 Å². The summed E-state index contributed by atoms with van der Waals surface area (Å²) in [5, 5.41) is 3.44. The maximum Gasteiger partial charge on any atom is 0.0366 e. The maximum absolute atomic E-state index is 3.44. The molecule has 0 spiro atoms. The highest BCUT2D eigenvalue weighted by molar-refractivity contribution is 5.45. The molecule has 1 aromatic carbocycles. The van der Waals surface area contributed by atoms with E-state index in [0.29, 0.717) is 6.04 Å². The van der Waals surface area contributed by atoms with Gasteiger partial charge in [-0.05, 0) is 32.5 Å². The number of hydrogen-bond acceptors (Lipinski definition) is 2. The van der Waals surface area contributed by atoms with E-state index in [4.69, 9.17) is 0 Å². The van der Waals surface area contributed by atoms with E-state index in [1.54, 1.807) is 0 Å². The van der Waals surface area contributed by atoms with Gasteiger partial charge in [0.05, 0.1) is 0 Å². The number of rotatable bonds is 6. The van der Waals surface area contributed by atoms with Crippen molar-refractivity contribution in [3.63, 3.8) is 0 Å². The van der Waals surface area contributed by atoms with E-state index in [1.165, 1.54) is 5.69 Å². The zero-order valence-corrected chi connectivity index (χ0v) is 10.0. The maximum atomic E-state index is 3.44. The molecule has 1 unspecified atom stereocenters. The van der Waals surface area contributed by atoms with Crippen molar-refractivity contribution in [2.24, 2.45) is 0 Å². The summed E-state index contributed by atoms with van der Waals surface area (Å²) < 4.78 is 0. The van der Waals surface area contributed by atoms with Gasteiger partial charge in [-0.1, -0.05) is 25.1 Å². The number of hydrogen-bond donors (Lipinski definition) is 1. The van der Waals surface area contributed by atoms with Gasteiger partial charge in [0.25, 0.3) is 0 Å². The summed E-state index contributed by atoms with van der Waals surface area (Å²) in [5.74, 6) is 0. The van der Waals surface area contributed by atoms with E-state index in [-0.39, 0.29) is 0 Å². The van der Waals surface area contributed by atoms with E-state index in [1.807, 2.05) is 0 Å². The zero-order valence-electron chi connectivity index (χ0n) is 10.0. The first-order valence-corrected chi connectivity index (χ1v) is 5.81. The van der Waals surface area contributed by atoms with Crippen LogP contribution in [0, 0.1) is 0 Å². The third-order valence-electron chi connectivity index (χ3n) is 2.55. The smallest absolute Gasteiger partial charge is 0.0366 e. The van der Waals surface area contributed by atoms with Crippen molar-refractivity contribution in [1.82, 2.24) is 5.32 Å². The second-order valence-corrected chi connectivity index (χ2v) is 3.83. The van der Waals surface area contributed by atoms with Crippen molar-refractivity contribution >= 4 is 5.69 Å². The van der Waals surface area contributed by atoms with Crippen LogP contribution in [0.3, 0.4) is 0 Å². The summed E-state index contributed by atoms with van der Waals surface area (Å²) in [6, 6.07) is 11.1. The third-order valence-corrected chi connectivity index (χ3v) is 2.55. The Morgan fingerprint density at radius 1 is 1.20 bits per heavy atom. The molecule has 0 aliphatic heterocycles. The Bertz CT molecular complexity index is 258. The Kier molecular flexibility index (Phi) is 5.19. The van der Waals surface area contributed by atoms with Crippen LogP contribution in [0.2, 0.25) is 0 Å². The first-order valence-electron chi connectivity index (χ1n) is 5.81. The molecule has 1 atom stereocenters. The molecular weight excluding hydrogens is 184 g/mol. The van der Waals surface area contributed by atoms with Crippen LogP contribution >= 0.6 is 0 Å². The van der Waals surface area contributed by atoms with E-state index in [9.17, 15) is 0 Å². The molecular formula is C13H22N2. The first-order chi connectivity index (χ1) is 7.27. The second-order valence-electron chi connectivity index (χ2n) is 3.83. The van der Waals surface area contributed by atoms with Crippen molar-refractivity contribution in [3.8, 4) is 0 Å². The third kappa shape index (κ3) is 3.92. The highest BCUT2D eigenvalue weighted by Crippen LogP contribution is 2.12. The van der Waals surface area contributed by atoms with Gasteiger partial charge >= 0.3 is 0 Å². The predicted octanol–water partition coefficient (Wildman–Crippen LogP) is 2.51. The molecule has 0 saturated heterocycles. The summed E-state index contributed by atoms with van der Waals surface area (Å²) >= 11 is 0. The largest absolute Gasteiger partial charge is 0.370 e. The number of likely N-dealkylation sites (N-methyl/N-ethyl adjacent to an activating group) is 2.